The number of hydrogen-bond acceptors (Lipinski definition) is 6. The molecule has 0 aliphatic carbocycles. The number of carbonyl (C=O) groups is 1. The van der Waals surface area contributed by atoms with Crippen molar-refractivity contribution in [2.75, 3.05) is 6.61 Å². The van der Waals surface area contributed by atoms with Crippen LogP contribution in [-0.2, 0) is 0 Å². The van der Waals surface area contributed by atoms with Crippen molar-refractivity contribution in [3.63, 3.8) is 0 Å². The Morgan fingerprint density at radius 1 is 0.971 bits per heavy atom. The maximum absolute atomic E-state index is 13.2. The van der Waals surface area contributed by atoms with Crippen LogP contribution in [0, 0.1) is 0 Å². The Kier molecular flexibility index (Phi) is 7.26. The fraction of sp³-hybridized carbons (Fsp3) is 0.179. The number of aromatic hydroxyl groups is 2. The number of nitrogens with one attached hydrogen (secondary N) is 1. The summed E-state index contributed by atoms with van der Waals surface area (Å²) in [6, 6.07) is 21.0. The fourth-order valence-electron chi connectivity index (χ4n) is 3.72. The van der Waals surface area contributed by atoms with Gasteiger partial charge in [-0.05, 0) is 67.4 Å². The lowest BCUT2D eigenvalue weighted by Gasteiger charge is -2.11. The second-order valence-corrected chi connectivity index (χ2v) is 8.00. The summed E-state index contributed by atoms with van der Waals surface area (Å²) in [5.74, 6) is 0.353. The molecule has 0 aliphatic rings. The second kappa shape index (κ2) is 10.7. The number of pyridine rings is 1. The third-order valence-corrected chi connectivity index (χ3v) is 5.50. The van der Waals surface area contributed by atoms with Crippen LogP contribution in [0.1, 0.15) is 42.6 Å². The highest BCUT2D eigenvalue weighted by molar-refractivity contribution is 6.08. The first kappa shape index (κ1) is 23.8. The maximum atomic E-state index is 13.2. The van der Waals surface area contributed by atoms with Crippen molar-refractivity contribution in [3.05, 3.63) is 83.9 Å². The minimum absolute atomic E-state index is 0.00107. The molecule has 0 bridgehead atoms. The standard InChI is InChI=1S/C28H27N3O4/c1-3-15-35-20-12-9-18(10-13-20)26-17-22(21-7-5-6-8-25(21)29-26)28(34)31-30-24(4-2)23-16-19(32)11-14-27(23)33/h5-14,16-17,32-33H,3-4,15H2,1-2H3,(H,31,34)/b30-24-. The van der Waals surface area contributed by atoms with Crippen molar-refractivity contribution in [1.29, 1.82) is 0 Å². The Bertz CT molecular complexity index is 1380. The molecule has 0 aliphatic heterocycles. The minimum atomic E-state index is -0.404. The van der Waals surface area contributed by atoms with Gasteiger partial charge in [0.1, 0.15) is 17.2 Å². The monoisotopic (exact) mass is 469 g/mol. The molecule has 178 valence electrons. The van der Waals surface area contributed by atoms with Crippen molar-refractivity contribution >= 4 is 22.5 Å². The molecule has 0 saturated carbocycles. The Morgan fingerprint density at radius 3 is 2.49 bits per heavy atom. The SMILES string of the molecule is CCCOc1ccc(-c2cc(C(=O)N/N=C(/CC)c3cc(O)ccc3O)c3ccccc3n2)cc1. The van der Waals surface area contributed by atoms with Crippen molar-refractivity contribution in [2.45, 2.75) is 26.7 Å². The fourth-order valence-corrected chi connectivity index (χ4v) is 3.72. The summed E-state index contributed by atoms with van der Waals surface area (Å²) in [5, 5.41) is 24.9. The molecule has 7 heteroatoms. The molecule has 4 aromatic rings. The highest BCUT2D eigenvalue weighted by Crippen LogP contribution is 2.27. The van der Waals surface area contributed by atoms with Gasteiger partial charge in [-0.2, -0.15) is 5.10 Å². The first-order valence-corrected chi connectivity index (χ1v) is 11.5. The molecule has 1 heterocycles. The van der Waals surface area contributed by atoms with Crippen LogP contribution in [0.3, 0.4) is 0 Å². The number of benzene rings is 3. The third-order valence-electron chi connectivity index (χ3n) is 5.50. The van der Waals surface area contributed by atoms with E-state index in [0.29, 0.717) is 46.5 Å². The summed E-state index contributed by atoms with van der Waals surface area (Å²) >= 11 is 0. The van der Waals surface area contributed by atoms with Gasteiger partial charge >= 0.3 is 0 Å². The Balaban J connectivity index is 1.68. The van der Waals surface area contributed by atoms with E-state index < -0.39 is 5.91 Å². The molecule has 0 unspecified atom stereocenters. The minimum Gasteiger partial charge on any atom is -0.508 e. The number of ether oxygens (including phenoxy) is 1. The number of hydrazone groups is 1. The summed E-state index contributed by atoms with van der Waals surface area (Å²) in [7, 11) is 0. The highest BCUT2D eigenvalue weighted by atomic mass is 16.5. The average molecular weight is 470 g/mol. The van der Waals surface area contributed by atoms with Gasteiger partial charge < -0.3 is 14.9 Å². The molecule has 0 fully saturated rings. The zero-order chi connectivity index (χ0) is 24.8. The number of hydrogen-bond donors (Lipinski definition) is 3. The lowest BCUT2D eigenvalue weighted by Crippen LogP contribution is -2.20. The van der Waals surface area contributed by atoms with E-state index in [4.69, 9.17) is 9.72 Å². The maximum Gasteiger partial charge on any atom is 0.272 e. The molecule has 35 heavy (non-hydrogen) atoms. The number of carbonyl (C=O) groups excluding carboxylic acids is 1. The van der Waals surface area contributed by atoms with Gasteiger partial charge in [0.2, 0.25) is 0 Å². The van der Waals surface area contributed by atoms with Crippen LogP contribution >= 0.6 is 0 Å². The molecule has 0 spiro atoms. The molecule has 7 nitrogen and oxygen atoms in total. The van der Waals surface area contributed by atoms with E-state index in [0.717, 1.165) is 17.7 Å². The van der Waals surface area contributed by atoms with Crippen molar-refractivity contribution in [2.24, 2.45) is 5.10 Å². The van der Waals surface area contributed by atoms with Crippen LogP contribution in [0.2, 0.25) is 0 Å². The number of aromatic nitrogens is 1. The number of rotatable bonds is 8. The van der Waals surface area contributed by atoms with E-state index >= 15 is 0 Å². The number of fused-ring (bicyclic) bond motifs is 1. The number of phenols is 2. The molecule has 1 aromatic heterocycles. The Morgan fingerprint density at radius 2 is 1.74 bits per heavy atom. The molecule has 3 N–H and O–H groups in total. The molecule has 3 aromatic carbocycles. The van der Waals surface area contributed by atoms with Crippen molar-refractivity contribution < 1.29 is 19.7 Å². The van der Waals surface area contributed by atoms with Gasteiger partial charge in [0.05, 0.1) is 29.1 Å². The van der Waals surface area contributed by atoms with Crippen LogP contribution in [0.15, 0.2) is 77.9 Å². The van der Waals surface area contributed by atoms with E-state index in [9.17, 15) is 15.0 Å². The first-order valence-electron chi connectivity index (χ1n) is 11.5. The Labute approximate surface area is 203 Å². The lowest BCUT2D eigenvalue weighted by molar-refractivity contribution is 0.0956. The van der Waals surface area contributed by atoms with Gasteiger partial charge in [0.15, 0.2) is 0 Å². The first-order chi connectivity index (χ1) is 17.0. The van der Waals surface area contributed by atoms with E-state index in [1.54, 1.807) is 6.07 Å². The molecule has 0 radical (unpaired) electrons. The van der Waals surface area contributed by atoms with Gasteiger partial charge in [0.25, 0.3) is 5.91 Å². The van der Waals surface area contributed by atoms with E-state index in [1.807, 2.05) is 55.5 Å². The van der Waals surface area contributed by atoms with Gasteiger partial charge in [-0.1, -0.05) is 32.0 Å². The third kappa shape index (κ3) is 5.41. The zero-order valence-corrected chi connectivity index (χ0v) is 19.7. The van der Waals surface area contributed by atoms with Crippen molar-refractivity contribution in [3.8, 4) is 28.5 Å². The summed E-state index contributed by atoms with van der Waals surface area (Å²) in [6.07, 6.45) is 1.37. The summed E-state index contributed by atoms with van der Waals surface area (Å²) < 4.78 is 5.66. The second-order valence-electron chi connectivity index (χ2n) is 8.00. The number of para-hydroxylation sites is 1. The van der Waals surface area contributed by atoms with Crippen molar-refractivity contribution in [1.82, 2.24) is 10.4 Å². The van der Waals surface area contributed by atoms with Gasteiger partial charge in [0, 0.05) is 16.5 Å². The van der Waals surface area contributed by atoms with E-state index in [2.05, 4.69) is 17.5 Å². The van der Waals surface area contributed by atoms with E-state index in [-0.39, 0.29) is 11.5 Å². The quantitative estimate of drug-likeness (QED) is 0.176. The van der Waals surface area contributed by atoms with Gasteiger partial charge in [-0.3, -0.25) is 4.79 Å². The van der Waals surface area contributed by atoms with E-state index in [1.165, 1.54) is 18.2 Å². The zero-order valence-electron chi connectivity index (χ0n) is 19.7. The molecule has 4 rings (SSSR count). The summed E-state index contributed by atoms with van der Waals surface area (Å²) in [6.45, 7) is 4.56. The van der Waals surface area contributed by atoms with Crippen LogP contribution in [0.5, 0.6) is 17.2 Å². The lowest BCUT2D eigenvalue weighted by atomic mass is 10.0. The molecule has 0 atom stereocenters. The van der Waals surface area contributed by atoms with Gasteiger partial charge in [-0.25, -0.2) is 10.4 Å². The van der Waals surface area contributed by atoms with Crippen LogP contribution < -0.4 is 10.2 Å². The summed E-state index contributed by atoms with van der Waals surface area (Å²) in [4.78, 5) is 18.0. The normalized spacial score (nSPS) is 11.4. The number of nitrogens with zero attached hydrogens (tertiary/aromatic N) is 2. The number of phenolic OH excluding ortho intramolecular Hbond substituents is 2. The number of amides is 1. The molecule has 0 saturated heterocycles. The molecular weight excluding hydrogens is 442 g/mol. The van der Waals surface area contributed by atoms with Gasteiger partial charge in [-0.15, -0.1) is 0 Å². The Hall–Kier alpha value is -4.39. The molecular formula is C28H27N3O4. The average Bonchev–Trinajstić information content (AvgIpc) is 2.89. The smallest absolute Gasteiger partial charge is 0.272 e. The van der Waals surface area contributed by atoms with Crippen LogP contribution in [-0.4, -0.2) is 33.4 Å². The highest BCUT2D eigenvalue weighted by Gasteiger charge is 2.15. The molecule has 1 amide bonds. The van der Waals surface area contributed by atoms with Crippen LogP contribution in [0.4, 0.5) is 0 Å². The topological polar surface area (TPSA) is 104 Å². The summed E-state index contributed by atoms with van der Waals surface area (Å²) in [5.41, 5.74) is 6.03. The predicted octanol–water partition coefficient (Wildman–Crippen LogP) is 5.65. The van der Waals surface area contributed by atoms with Crippen LogP contribution in [0.25, 0.3) is 22.2 Å². The predicted molar refractivity (Wildman–Crippen MR) is 137 cm³/mol. The largest absolute Gasteiger partial charge is 0.508 e.